The zero-order valence-electron chi connectivity index (χ0n) is 17.0. The number of nitrogens with zero attached hydrogens (tertiary/aromatic N) is 2. The fourth-order valence-corrected chi connectivity index (χ4v) is 6.29. The zero-order chi connectivity index (χ0) is 20.8. The molecule has 7 heteroatoms. The Balaban J connectivity index is 1.64. The predicted octanol–water partition coefficient (Wildman–Crippen LogP) is 2.33. The smallest absolute Gasteiger partial charge is 0.241 e. The second kappa shape index (κ2) is 7.46. The number of anilines is 1. The molecule has 154 valence electrons. The van der Waals surface area contributed by atoms with Gasteiger partial charge in [0.05, 0.1) is 31.2 Å². The largest absolute Gasteiger partial charge is 0.497 e. The van der Waals surface area contributed by atoms with Crippen molar-refractivity contribution in [1.82, 2.24) is 4.90 Å². The van der Waals surface area contributed by atoms with E-state index >= 15 is 0 Å². The number of rotatable bonds is 4. The standard InChI is InChI=1S/C22H26N2O4S/c1-15-4-7-18(10-16(15)2)24-21-14-29(26,27)13-20(21)23(12-22(24)25)11-17-5-8-19(28-3)9-6-17/h4-10,20-21H,11-14H2,1-3H3/t20-,21+/m0/s1. The summed E-state index contributed by atoms with van der Waals surface area (Å²) in [6, 6.07) is 13.0. The van der Waals surface area contributed by atoms with Crippen LogP contribution in [0, 0.1) is 13.8 Å². The molecule has 1 amide bonds. The Morgan fingerprint density at radius 1 is 1.00 bits per heavy atom. The average molecular weight is 415 g/mol. The number of methoxy groups -OCH3 is 1. The first-order chi connectivity index (χ1) is 13.8. The van der Waals surface area contributed by atoms with Crippen molar-refractivity contribution in [2.24, 2.45) is 0 Å². The quantitative estimate of drug-likeness (QED) is 0.768. The van der Waals surface area contributed by atoms with Gasteiger partial charge in [-0.15, -0.1) is 0 Å². The van der Waals surface area contributed by atoms with Crippen molar-refractivity contribution in [3.63, 3.8) is 0 Å². The minimum atomic E-state index is -3.20. The van der Waals surface area contributed by atoms with E-state index in [0.717, 1.165) is 28.1 Å². The zero-order valence-corrected chi connectivity index (χ0v) is 17.8. The monoisotopic (exact) mass is 414 g/mol. The first-order valence-corrected chi connectivity index (χ1v) is 11.6. The number of piperazine rings is 1. The van der Waals surface area contributed by atoms with Crippen LogP contribution in [0.5, 0.6) is 5.75 Å². The number of benzene rings is 2. The normalized spacial score (nSPS) is 23.8. The summed E-state index contributed by atoms with van der Waals surface area (Å²) in [6.45, 7) is 4.77. The molecule has 6 nitrogen and oxygen atoms in total. The molecule has 0 radical (unpaired) electrons. The minimum absolute atomic E-state index is 0.00937. The number of carbonyl (C=O) groups is 1. The van der Waals surface area contributed by atoms with Gasteiger partial charge in [-0.05, 0) is 54.8 Å². The Morgan fingerprint density at radius 3 is 2.34 bits per heavy atom. The lowest BCUT2D eigenvalue weighted by atomic mass is 10.0. The number of sulfone groups is 1. The summed E-state index contributed by atoms with van der Waals surface area (Å²) >= 11 is 0. The highest BCUT2D eigenvalue weighted by molar-refractivity contribution is 7.91. The second-order valence-electron chi connectivity index (χ2n) is 8.00. The third-order valence-electron chi connectivity index (χ3n) is 6.01. The molecule has 4 rings (SSSR count). The Hall–Kier alpha value is -2.38. The van der Waals surface area contributed by atoms with E-state index in [2.05, 4.69) is 0 Å². The van der Waals surface area contributed by atoms with Crippen molar-refractivity contribution in [2.75, 3.05) is 30.1 Å². The highest BCUT2D eigenvalue weighted by Crippen LogP contribution is 2.33. The summed E-state index contributed by atoms with van der Waals surface area (Å²) in [5.41, 5.74) is 4.05. The summed E-state index contributed by atoms with van der Waals surface area (Å²) in [5, 5.41) is 0. The minimum Gasteiger partial charge on any atom is -0.497 e. The van der Waals surface area contributed by atoms with Crippen molar-refractivity contribution in [2.45, 2.75) is 32.5 Å². The van der Waals surface area contributed by atoms with Gasteiger partial charge in [0.1, 0.15) is 5.75 Å². The molecule has 0 unspecified atom stereocenters. The van der Waals surface area contributed by atoms with E-state index < -0.39 is 9.84 Å². The van der Waals surface area contributed by atoms with E-state index in [0.29, 0.717) is 6.54 Å². The van der Waals surface area contributed by atoms with Crippen LogP contribution in [0.25, 0.3) is 0 Å². The highest BCUT2D eigenvalue weighted by Gasteiger charge is 2.49. The van der Waals surface area contributed by atoms with E-state index in [-0.39, 0.29) is 36.0 Å². The van der Waals surface area contributed by atoms with Gasteiger partial charge >= 0.3 is 0 Å². The molecule has 0 aromatic heterocycles. The van der Waals surface area contributed by atoms with Crippen LogP contribution in [0.15, 0.2) is 42.5 Å². The van der Waals surface area contributed by atoms with Crippen LogP contribution in [-0.4, -0.2) is 56.5 Å². The van der Waals surface area contributed by atoms with Crippen LogP contribution in [0.4, 0.5) is 5.69 Å². The summed E-state index contributed by atoms with van der Waals surface area (Å²) in [6.07, 6.45) is 0. The summed E-state index contributed by atoms with van der Waals surface area (Å²) < 4.78 is 30.2. The van der Waals surface area contributed by atoms with E-state index in [1.54, 1.807) is 12.0 Å². The molecule has 0 N–H and O–H groups in total. The molecule has 29 heavy (non-hydrogen) atoms. The van der Waals surface area contributed by atoms with Crippen LogP contribution >= 0.6 is 0 Å². The number of ether oxygens (including phenoxy) is 1. The number of fused-ring (bicyclic) bond motifs is 1. The second-order valence-corrected chi connectivity index (χ2v) is 10.2. The van der Waals surface area contributed by atoms with E-state index in [1.807, 2.05) is 61.2 Å². The molecule has 2 saturated heterocycles. The number of amides is 1. The van der Waals surface area contributed by atoms with Gasteiger partial charge in [-0.3, -0.25) is 9.69 Å². The summed E-state index contributed by atoms with van der Waals surface area (Å²) in [4.78, 5) is 16.8. The topological polar surface area (TPSA) is 66.9 Å². The predicted molar refractivity (Wildman–Crippen MR) is 113 cm³/mol. The fourth-order valence-electron chi connectivity index (χ4n) is 4.31. The molecule has 2 aliphatic rings. The Kier molecular flexibility index (Phi) is 5.12. The number of aryl methyl sites for hydroxylation is 2. The van der Waals surface area contributed by atoms with Gasteiger partial charge in [0.15, 0.2) is 9.84 Å². The van der Waals surface area contributed by atoms with Gasteiger partial charge in [-0.1, -0.05) is 18.2 Å². The maximum Gasteiger partial charge on any atom is 0.241 e. The number of hydrogen-bond acceptors (Lipinski definition) is 5. The number of hydrogen-bond donors (Lipinski definition) is 0. The lowest BCUT2D eigenvalue weighted by Gasteiger charge is -2.43. The summed E-state index contributed by atoms with van der Waals surface area (Å²) in [7, 11) is -1.58. The Morgan fingerprint density at radius 2 is 1.69 bits per heavy atom. The molecular weight excluding hydrogens is 388 g/mol. The Bertz CT molecular complexity index is 1030. The van der Waals surface area contributed by atoms with Gasteiger partial charge in [0.25, 0.3) is 0 Å². The van der Waals surface area contributed by atoms with Gasteiger partial charge in [-0.25, -0.2) is 8.42 Å². The fraction of sp³-hybridized carbons (Fsp3) is 0.409. The van der Waals surface area contributed by atoms with Crippen molar-refractivity contribution < 1.29 is 17.9 Å². The van der Waals surface area contributed by atoms with Gasteiger partial charge in [0.2, 0.25) is 5.91 Å². The van der Waals surface area contributed by atoms with Gasteiger partial charge in [0, 0.05) is 18.3 Å². The molecule has 2 aromatic rings. The first kappa shape index (κ1) is 19.9. The SMILES string of the molecule is COc1ccc(CN2CC(=O)N(c3ccc(C)c(C)c3)[C@@H]3CS(=O)(=O)C[C@@H]32)cc1. The molecule has 2 atom stereocenters. The third-order valence-corrected chi connectivity index (χ3v) is 7.71. The summed E-state index contributed by atoms with van der Waals surface area (Å²) in [5.74, 6) is 0.809. The van der Waals surface area contributed by atoms with E-state index in [9.17, 15) is 13.2 Å². The average Bonchev–Trinajstić information content (AvgIpc) is 3.00. The Labute approximate surface area is 172 Å². The van der Waals surface area contributed by atoms with Crippen LogP contribution in [0.3, 0.4) is 0 Å². The molecule has 2 aromatic carbocycles. The van der Waals surface area contributed by atoms with Crippen LogP contribution in [0.1, 0.15) is 16.7 Å². The van der Waals surface area contributed by atoms with Crippen molar-refractivity contribution >= 4 is 21.4 Å². The lowest BCUT2D eigenvalue weighted by Crippen LogP contribution is -2.61. The molecule has 0 aliphatic carbocycles. The van der Waals surface area contributed by atoms with Crippen LogP contribution in [0.2, 0.25) is 0 Å². The lowest BCUT2D eigenvalue weighted by molar-refractivity contribution is -0.123. The maximum absolute atomic E-state index is 13.1. The van der Waals surface area contributed by atoms with Gasteiger partial charge < -0.3 is 9.64 Å². The molecule has 0 saturated carbocycles. The van der Waals surface area contributed by atoms with E-state index in [4.69, 9.17) is 4.74 Å². The van der Waals surface area contributed by atoms with Crippen LogP contribution in [-0.2, 0) is 21.2 Å². The molecule has 0 bridgehead atoms. The molecule has 0 spiro atoms. The molecule has 2 fully saturated rings. The van der Waals surface area contributed by atoms with Gasteiger partial charge in [-0.2, -0.15) is 0 Å². The number of carbonyl (C=O) groups excluding carboxylic acids is 1. The third kappa shape index (κ3) is 3.89. The maximum atomic E-state index is 13.1. The van der Waals surface area contributed by atoms with Crippen molar-refractivity contribution in [3.05, 3.63) is 59.2 Å². The van der Waals surface area contributed by atoms with E-state index in [1.165, 1.54) is 0 Å². The molecular formula is C22H26N2O4S. The molecule has 2 aliphatic heterocycles. The first-order valence-electron chi connectivity index (χ1n) is 9.74. The highest BCUT2D eigenvalue weighted by atomic mass is 32.2. The van der Waals surface area contributed by atoms with Crippen LogP contribution < -0.4 is 9.64 Å². The van der Waals surface area contributed by atoms with Crippen molar-refractivity contribution in [1.29, 1.82) is 0 Å². The molecule has 2 heterocycles. The van der Waals surface area contributed by atoms with Crippen molar-refractivity contribution in [3.8, 4) is 5.75 Å².